The average Bonchev–Trinajstić information content (AvgIpc) is 2.04. The molecule has 4 N–H and O–H groups in total. The maximum absolute atomic E-state index is 11.9. The largest absolute Gasteiger partial charge is 0.573 e. The first-order valence-corrected chi connectivity index (χ1v) is 3.57. The molecule has 0 aliphatic heterocycles. The van der Waals surface area contributed by atoms with Crippen LogP contribution in [0.3, 0.4) is 0 Å². The van der Waals surface area contributed by atoms with Crippen LogP contribution >= 0.6 is 0 Å². The fraction of sp³-hybridized carbons (Fsp3) is 0.286. The molecular weight excluding hydrogens is 199 g/mol. The Labute approximate surface area is 77.7 Å². The first-order chi connectivity index (χ1) is 6.31. The third-order valence-corrected chi connectivity index (χ3v) is 1.49. The number of ether oxygens (including phenoxy) is 1. The number of nitrogens with zero attached hydrogens (tertiary/aromatic N) is 1. The van der Waals surface area contributed by atoms with E-state index >= 15 is 0 Å². The SMILES string of the molecule is Cc1cnc(N)c(N)c1OC(F)(F)F. The zero-order valence-electron chi connectivity index (χ0n) is 7.22. The summed E-state index contributed by atoms with van der Waals surface area (Å²) in [7, 11) is 0. The van der Waals surface area contributed by atoms with Gasteiger partial charge in [-0.1, -0.05) is 0 Å². The number of halogens is 3. The molecule has 1 aromatic heterocycles. The average molecular weight is 207 g/mol. The molecule has 0 spiro atoms. The monoisotopic (exact) mass is 207 g/mol. The fourth-order valence-corrected chi connectivity index (χ4v) is 0.874. The van der Waals surface area contributed by atoms with Crippen molar-refractivity contribution in [3.05, 3.63) is 11.8 Å². The van der Waals surface area contributed by atoms with Gasteiger partial charge in [0.1, 0.15) is 11.5 Å². The van der Waals surface area contributed by atoms with Crippen molar-refractivity contribution in [1.82, 2.24) is 4.98 Å². The zero-order valence-corrected chi connectivity index (χ0v) is 7.22. The molecule has 1 aromatic rings. The minimum Gasteiger partial charge on any atom is -0.403 e. The molecule has 0 aliphatic rings. The first kappa shape index (κ1) is 10.4. The van der Waals surface area contributed by atoms with Crippen LogP contribution in [0.2, 0.25) is 0 Å². The molecule has 0 unspecified atom stereocenters. The van der Waals surface area contributed by atoms with Crippen molar-refractivity contribution in [3.63, 3.8) is 0 Å². The lowest BCUT2D eigenvalue weighted by atomic mass is 10.2. The Kier molecular flexibility index (Phi) is 2.41. The Bertz CT molecular complexity index is 351. The van der Waals surface area contributed by atoms with Crippen LogP contribution in [-0.2, 0) is 0 Å². The summed E-state index contributed by atoms with van der Waals surface area (Å²) in [5, 5.41) is 0. The lowest BCUT2D eigenvalue weighted by molar-refractivity contribution is -0.274. The van der Waals surface area contributed by atoms with Crippen molar-refractivity contribution in [2.24, 2.45) is 0 Å². The summed E-state index contributed by atoms with van der Waals surface area (Å²) in [4.78, 5) is 3.57. The number of hydrogen-bond donors (Lipinski definition) is 2. The Morgan fingerprint density at radius 1 is 1.36 bits per heavy atom. The fourth-order valence-electron chi connectivity index (χ4n) is 0.874. The number of hydrogen-bond acceptors (Lipinski definition) is 4. The molecule has 0 aliphatic carbocycles. The summed E-state index contributed by atoms with van der Waals surface area (Å²) >= 11 is 0. The molecule has 4 nitrogen and oxygen atoms in total. The molecule has 0 radical (unpaired) electrons. The van der Waals surface area contributed by atoms with Gasteiger partial charge in [0.25, 0.3) is 0 Å². The number of aromatic nitrogens is 1. The maximum atomic E-state index is 11.9. The molecule has 1 rings (SSSR count). The van der Waals surface area contributed by atoms with Gasteiger partial charge < -0.3 is 16.2 Å². The van der Waals surface area contributed by atoms with Gasteiger partial charge in [-0.3, -0.25) is 0 Å². The van der Waals surface area contributed by atoms with Gasteiger partial charge in [-0.2, -0.15) is 0 Å². The van der Waals surface area contributed by atoms with E-state index in [9.17, 15) is 13.2 Å². The molecule has 0 bridgehead atoms. The zero-order chi connectivity index (χ0) is 10.9. The van der Waals surface area contributed by atoms with Gasteiger partial charge in [0.05, 0.1) is 0 Å². The van der Waals surface area contributed by atoms with Crippen LogP contribution in [0.4, 0.5) is 24.7 Å². The first-order valence-electron chi connectivity index (χ1n) is 3.57. The highest BCUT2D eigenvalue weighted by molar-refractivity contribution is 5.68. The lowest BCUT2D eigenvalue weighted by Crippen LogP contribution is -2.19. The number of pyridine rings is 1. The molecule has 78 valence electrons. The van der Waals surface area contributed by atoms with Crippen molar-refractivity contribution < 1.29 is 17.9 Å². The van der Waals surface area contributed by atoms with Crippen LogP contribution < -0.4 is 16.2 Å². The second-order valence-electron chi connectivity index (χ2n) is 2.62. The summed E-state index contributed by atoms with van der Waals surface area (Å²) in [6.45, 7) is 1.39. The van der Waals surface area contributed by atoms with E-state index in [1.165, 1.54) is 6.92 Å². The van der Waals surface area contributed by atoms with Crippen molar-refractivity contribution in [1.29, 1.82) is 0 Å². The third kappa shape index (κ3) is 2.18. The van der Waals surface area contributed by atoms with Gasteiger partial charge in [-0.15, -0.1) is 13.2 Å². The molecule has 0 saturated carbocycles. The minimum absolute atomic E-state index is 0.175. The highest BCUT2D eigenvalue weighted by Gasteiger charge is 2.33. The van der Waals surface area contributed by atoms with Gasteiger partial charge in [0, 0.05) is 11.8 Å². The van der Waals surface area contributed by atoms with Crippen LogP contribution in [0.5, 0.6) is 5.75 Å². The number of rotatable bonds is 1. The van der Waals surface area contributed by atoms with E-state index in [1.54, 1.807) is 0 Å². The Morgan fingerprint density at radius 3 is 2.43 bits per heavy atom. The van der Waals surface area contributed by atoms with Gasteiger partial charge in [-0.05, 0) is 6.92 Å². The highest BCUT2D eigenvalue weighted by Crippen LogP contribution is 2.33. The standard InChI is InChI=1S/C7H8F3N3O/c1-3-2-13-6(12)4(11)5(3)14-7(8,9)10/h2H,11H2,1H3,(H2,12,13). The Hall–Kier alpha value is -1.66. The summed E-state index contributed by atoms with van der Waals surface area (Å²) in [6.07, 6.45) is -3.63. The number of anilines is 2. The van der Waals surface area contributed by atoms with Crippen LogP contribution in [0.1, 0.15) is 5.56 Å². The van der Waals surface area contributed by atoms with E-state index < -0.39 is 12.1 Å². The van der Waals surface area contributed by atoms with E-state index in [4.69, 9.17) is 11.5 Å². The Morgan fingerprint density at radius 2 is 1.93 bits per heavy atom. The predicted molar refractivity (Wildman–Crippen MR) is 44.5 cm³/mol. The topological polar surface area (TPSA) is 74.2 Å². The number of alkyl halides is 3. The van der Waals surface area contributed by atoms with Crippen LogP contribution in [0.15, 0.2) is 6.20 Å². The molecule has 0 saturated heterocycles. The Balaban J connectivity index is 3.13. The second-order valence-corrected chi connectivity index (χ2v) is 2.62. The molecule has 7 heteroatoms. The summed E-state index contributed by atoms with van der Waals surface area (Å²) in [5.41, 5.74) is 10.4. The molecule has 0 atom stereocenters. The second kappa shape index (κ2) is 3.24. The smallest absolute Gasteiger partial charge is 0.403 e. The molecular formula is C7H8F3N3O. The maximum Gasteiger partial charge on any atom is 0.573 e. The van der Waals surface area contributed by atoms with Gasteiger partial charge in [-0.25, -0.2) is 4.98 Å². The van der Waals surface area contributed by atoms with E-state index in [1.807, 2.05) is 0 Å². The number of nitrogen functional groups attached to an aromatic ring is 2. The molecule has 0 aromatic carbocycles. The van der Waals surface area contributed by atoms with Crippen molar-refractivity contribution in [2.75, 3.05) is 11.5 Å². The molecule has 0 fully saturated rings. The van der Waals surface area contributed by atoms with Gasteiger partial charge >= 0.3 is 6.36 Å². The van der Waals surface area contributed by atoms with E-state index in [0.29, 0.717) is 0 Å². The lowest BCUT2D eigenvalue weighted by Gasteiger charge is -2.13. The molecule has 0 amide bonds. The van der Waals surface area contributed by atoms with Crippen molar-refractivity contribution >= 4 is 11.5 Å². The number of nitrogens with two attached hydrogens (primary N) is 2. The third-order valence-electron chi connectivity index (χ3n) is 1.49. The predicted octanol–water partition coefficient (Wildman–Crippen LogP) is 1.45. The van der Waals surface area contributed by atoms with Crippen LogP contribution in [0.25, 0.3) is 0 Å². The normalized spacial score (nSPS) is 11.4. The van der Waals surface area contributed by atoms with E-state index in [2.05, 4.69) is 9.72 Å². The van der Waals surface area contributed by atoms with Crippen LogP contribution in [0, 0.1) is 6.92 Å². The van der Waals surface area contributed by atoms with Gasteiger partial charge in [0.15, 0.2) is 5.75 Å². The van der Waals surface area contributed by atoms with E-state index in [-0.39, 0.29) is 17.1 Å². The molecule has 14 heavy (non-hydrogen) atoms. The summed E-state index contributed by atoms with van der Waals surface area (Å²) in [5.74, 6) is -0.681. The minimum atomic E-state index is -4.79. The molecule has 1 heterocycles. The summed E-state index contributed by atoms with van der Waals surface area (Å²) in [6, 6.07) is 0. The van der Waals surface area contributed by atoms with Crippen molar-refractivity contribution in [3.8, 4) is 5.75 Å². The van der Waals surface area contributed by atoms with Gasteiger partial charge in [0.2, 0.25) is 0 Å². The van der Waals surface area contributed by atoms with E-state index in [0.717, 1.165) is 6.20 Å². The van der Waals surface area contributed by atoms with Crippen molar-refractivity contribution in [2.45, 2.75) is 13.3 Å². The number of aryl methyl sites for hydroxylation is 1. The summed E-state index contributed by atoms with van der Waals surface area (Å²) < 4.78 is 39.4. The highest BCUT2D eigenvalue weighted by atomic mass is 19.4. The quantitative estimate of drug-likeness (QED) is 0.730. The van der Waals surface area contributed by atoms with Crippen LogP contribution in [-0.4, -0.2) is 11.3 Å².